The van der Waals surface area contributed by atoms with Crippen LogP contribution in [0.1, 0.15) is 38.8 Å². The summed E-state index contributed by atoms with van der Waals surface area (Å²) in [5.41, 5.74) is -0.817. The maximum Gasteiger partial charge on any atom is 0.418 e. The van der Waals surface area contributed by atoms with Gasteiger partial charge in [0, 0.05) is 18.1 Å². The second-order valence-corrected chi connectivity index (χ2v) is 9.85. The van der Waals surface area contributed by atoms with Gasteiger partial charge >= 0.3 is 12.1 Å². The van der Waals surface area contributed by atoms with E-state index in [4.69, 9.17) is 21.1 Å². The quantitative estimate of drug-likeness (QED) is 0.539. The third kappa shape index (κ3) is 3.97. The van der Waals surface area contributed by atoms with Crippen molar-refractivity contribution in [2.75, 3.05) is 16.9 Å². The largest absolute Gasteiger partial charge is 0.466 e. The van der Waals surface area contributed by atoms with Gasteiger partial charge < -0.3 is 9.47 Å². The molecule has 0 saturated heterocycles. The van der Waals surface area contributed by atoms with Crippen molar-refractivity contribution in [3.05, 3.63) is 70.4 Å². The van der Waals surface area contributed by atoms with Gasteiger partial charge in [0.25, 0.3) is 0 Å². The highest BCUT2D eigenvalue weighted by Gasteiger charge is 2.58. The molecule has 1 atom stereocenters. The molecule has 35 heavy (non-hydrogen) atoms. The normalized spacial score (nSPS) is 19.0. The third-order valence-electron chi connectivity index (χ3n) is 5.96. The Hall–Kier alpha value is -3.65. The summed E-state index contributed by atoms with van der Waals surface area (Å²) in [5, 5.41) is 0.381. The molecule has 0 bridgehead atoms. The molecule has 0 N–H and O–H groups in total. The van der Waals surface area contributed by atoms with Gasteiger partial charge in [-0.25, -0.2) is 14.5 Å². The highest BCUT2D eigenvalue weighted by atomic mass is 35.5. The van der Waals surface area contributed by atoms with Crippen molar-refractivity contribution >= 4 is 46.9 Å². The number of imide groups is 1. The Labute approximate surface area is 208 Å². The van der Waals surface area contributed by atoms with Crippen molar-refractivity contribution in [2.24, 2.45) is 0 Å². The summed E-state index contributed by atoms with van der Waals surface area (Å²) in [6, 6.07) is 11.6. The number of amides is 3. The van der Waals surface area contributed by atoms with E-state index in [1.165, 1.54) is 25.1 Å². The van der Waals surface area contributed by atoms with E-state index in [1.807, 2.05) is 0 Å². The number of para-hydroxylation sites is 1. The molecule has 2 aliphatic heterocycles. The molecule has 0 aliphatic carbocycles. The molecule has 0 fully saturated rings. The number of ether oxygens (including phenoxy) is 2. The molecule has 3 amide bonds. The van der Waals surface area contributed by atoms with Crippen LogP contribution in [0.2, 0.25) is 5.02 Å². The van der Waals surface area contributed by atoms with Crippen molar-refractivity contribution in [3.8, 4) is 0 Å². The fourth-order valence-corrected chi connectivity index (χ4v) is 4.80. The van der Waals surface area contributed by atoms with E-state index in [0.29, 0.717) is 27.5 Å². The lowest BCUT2D eigenvalue weighted by atomic mass is 9.71. The summed E-state index contributed by atoms with van der Waals surface area (Å²) in [6.45, 7) is 6.45. The monoisotopic (exact) mass is 496 g/mol. The van der Waals surface area contributed by atoms with Gasteiger partial charge in [0.1, 0.15) is 11.0 Å². The number of hydrogen-bond acceptors (Lipinski definition) is 6. The lowest BCUT2D eigenvalue weighted by Gasteiger charge is -2.29. The molecular formula is C26H25ClN2O6. The number of anilines is 2. The molecule has 2 aromatic carbocycles. The summed E-state index contributed by atoms with van der Waals surface area (Å²) in [4.78, 5) is 55.4. The lowest BCUT2D eigenvalue weighted by molar-refractivity contribution is -0.139. The van der Waals surface area contributed by atoms with Crippen molar-refractivity contribution in [2.45, 2.75) is 45.1 Å². The minimum absolute atomic E-state index is 0.0389. The number of methoxy groups -OCH3 is 1. The van der Waals surface area contributed by atoms with Crippen LogP contribution in [0, 0.1) is 0 Å². The Kier molecular flexibility index (Phi) is 5.97. The van der Waals surface area contributed by atoms with Gasteiger partial charge in [0.15, 0.2) is 0 Å². The van der Waals surface area contributed by atoms with Crippen LogP contribution in [0.3, 0.4) is 0 Å². The smallest absolute Gasteiger partial charge is 0.418 e. The Balaban J connectivity index is 2.07. The zero-order valence-corrected chi connectivity index (χ0v) is 20.8. The fraction of sp³-hybridized carbons (Fsp3) is 0.308. The summed E-state index contributed by atoms with van der Waals surface area (Å²) in [7, 11) is 1.19. The van der Waals surface area contributed by atoms with Crippen molar-refractivity contribution < 1.29 is 28.7 Å². The maximum atomic E-state index is 14.1. The average molecular weight is 497 g/mol. The Bertz CT molecular complexity index is 1290. The van der Waals surface area contributed by atoms with Gasteiger partial charge in [-0.05, 0) is 62.6 Å². The molecule has 0 radical (unpaired) electrons. The molecule has 2 aliphatic rings. The van der Waals surface area contributed by atoms with E-state index in [2.05, 4.69) is 0 Å². The predicted octanol–water partition coefficient (Wildman–Crippen LogP) is 4.53. The molecule has 1 unspecified atom stereocenters. The molecule has 8 nitrogen and oxygen atoms in total. The van der Waals surface area contributed by atoms with Gasteiger partial charge in [0.2, 0.25) is 11.8 Å². The number of rotatable bonds is 1. The molecule has 4 rings (SSSR count). The lowest BCUT2D eigenvalue weighted by Crippen LogP contribution is -2.47. The minimum Gasteiger partial charge on any atom is -0.466 e. The first-order chi connectivity index (χ1) is 16.4. The topological polar surface area (TPSA) is 93.2 Å². The van der Waals surface area contributed by atoms with Crippen LogP contribution >= 0.6 is 11.6 Å². The van der Waals surface area contributed by atoms with Crippen LogP contribution < -0.4 is 9.80 Å². The standard InChI is InChI=1S/C26H25ClN2O6/c1-15(30)29-21-9-7-6-8-18(21)26(23(29)32)13-16-12-17(27)10-11-20(16)28(14-19(26)22(31)34-5)24(33)35-25(2,3)4/h6-12,14H,13H2,1-5H3. The first kappa shape index (κ1) is 24.5. The number of halogens is 1. The van der Waals surface area contributed by atoms with Gasteiger partial charge in [-0.3, -0.25) is 14.5 Å². The summed E-state index contributed by atoms with van der Waals surface area (Å²) in [6.07, 6.45) is 0.488. The van der Waals surface area contributed by atoms with Crippen molar-refractivity contribution in [3.63, 3.8) is 0 Å². The maximum absolute atomic E-state index is 14.1. The van der Waals surface area contributed by atoms with Crippen LogP contribution in [-0.4, -0.2) is 36.6 Å². The molecule has 0 saturated carbocycles. The first-order valence-corrected chi connectivity index (χ1v) is 11.3. The molecule has 2 heterocycles. The van der Waals surface area contributed by atoms with Crippen LogP contribution in [0.25, 0.3) is 0 Å². The van der Waals surface area contributed by atoms with E-state index in [0.717, 1.165) is 4.90 Å². The van der Waals surface area contributed by atoms with E-state index in [9.17, 15) is 19.2 Å². The number of nitrogens with zero attached hydrogens (tertiary/aromatic N) is 2. The zero-order valence-electron chi connectivity index (χ0n) is 20.0. The fourth-order valence-electron chi connectivity index (χ4n) is 4.61. The van der Waals surface area contributed by atoms with Crippen molar-refractivity contribution in [1.82, 2.24) is 0 Å². The Morgan fingerprint density at radius 2 is 1.74 bits per heavy atom. The van der Waals surface area contributed by atoms with Gasteiger partial charge in [-0.2, -0.15) is 0 Å². The molecule has 2 aromatic rings. The highest BCUT2D eigenvalue weighted by Crippen LogP contribution is 2.51. The number of esters is 1. The van der Waals surface area contributed by atoms with Gasteiger partial charge in [0.05, 0.1) is 24.1 Å². The van der Waals surface area contributed by atoms with Crippen LogP contribution in [0.4, 0.5) is 16.2 Å². The Morgan fingerprint density at radius 1 is 1.06 bits per heavy atom. The number of carbonyl (C=O) groups is 4. The van der Waals surface area contributed by atoms with E-state index < -0.39 is 34.9 Å². The summed E-state index contributed by atoms with van der Waals surface area (Å²) < 4.78 is 10.7. The second-order valence-electron chi connectivity index (χ2n) is 9.42. The molecule has 0 aromatic heterocycles. The summed E-state index contributed by atoms with van der Waals surface area (Å²) >= 11 is 6.31. The number of fused-ring (bicyclic) bond motifs is 3. The zero-order chi connectivity index (χ0) is 25.7. The van der Waals surface area contributed by atoms with E-state index in [-0.39, 0.29) is 12.0 Å². The van der Waals surface area contributed by atoms with Crippen molar-refractivity contribution in [1.29, 1.82) is 0 Å². The van der Waals surface area contributed by atoms with Gasteiger partial charge in [-0.15, -0.1) is 0 Å². The third-order valence-corrected chi connectivity index (χ3v) is 6.19. The molecule has 9 heteroatoms. The number of hydrogen-bond donors (Lipinski definition) is 0. The van der Waals surface area contributed by atoms with E-state index >= 15 is 0 Å². The summed E-state index contributed by atoms with van der Waals surface area (Å²) in [5.74, 6) is -1.92. The minimum atomic E-state index is -1.63. The highest BCUT2D eigenvalue weighted by molar-refractivity contribution is 6.31. The predicted molar refractivity (Wildman–Crippen MR) is 130 cm³/mol. The SMILES string of the molecule is COC(=O)C1=CN(C(=O)OC(C)(C)C)c2ccc(Cl)cc2CC12C(=O)N(C(C)=O)c1ccccc12. The van der Waals surface area contributed by atoms with Crippen LogP contribution in [0.5, 0.6) is 0 Å². The van der Waals surface area contributed by atoms with Crippen LogP contribution in [0.15, 0.2) is 54.2 Å². The molecule has 1 spiro atoms. The molecule has 182 valence electrons. The first-order valence-electron chi connectivity index (χ1n) is 11.0. The molecular weight excluding hydrogens is 472 g/mol. The second kappa shape index (κ2) is 8.53. The van der Waals surface area contributed by atoms with Gasteiger partial charge in [-0.1, -0.05) is 29.8 Å². The Morgan fingerprint density at radius 3 is 2.37 bits per heavy atom. The van der Waals surface area contributed by atoms with Crippen LogP contribution in [-0.2, 0) is 35.7 Å². The number of carbonyl (C=O) groups excluding carboxylic acids is 4. The number of benzene rings is 2. The van der Waals surface area contributed by atoms with E-state index in [1.54, 1.807) is 63.2 Å². The average Bonchev–Trinajstić information content (AvgIpc) is 2.92.